The smallest absolute Gasteiger partial charge is 0.0940 e. The van der Waals surface area contributed by atoms with Crippen LogP contribution < -0.4 is 5.73 Å². The standard InChI is InChI=1S/C16H23NO2/c1-15(17,13-5-3-2-4-6-13)14-7-9-19-16(11-14)8-10-18-12-16/h2-6,14H,7-12,17H2,1H3. The highest BCUT2D eigenvalue weighted by Gasteiger charge is 2.45. The topological polar surface area (TPSA) is 44.5 Å². The normalized spacial score (nSPS) is 34.3. The van der Waals surface area contributed by atoms with Gasteiger partial charge in [0.2, 0.25) is 0 Å². The van der Waals surface area contributed by atoms with Gasteiger partial charge in [-0.15, -0.1) is 0 Å². The van der Waals surface area contributed by atoms with Gasteiger partial charge in [-0.2, -0.15) is 0 Å². The lowest BCUT2D eigenvalue weighted by Gasteiger charge is -2.44. The van der Waals surface area contributed by atoms with Gasteiger partial charge in [0, 0.05) is 25.2 Å². The molecule has 2 heterocycles. The van der Waals surface area contributed by atoms with Crippen LogP contribution in [0.15, 0.2) is 30.3 Å². The van der Waals surface area contributed by atoms with Crippen molar-refractivity contribution in [2.75, 3.05) is 19.8 Å². The molecule has 0 saturated carbocycles. The summed E-state index contributed by atoms with van der Waals surface area (Å²) in [5.74, 6) is 0.449. The molecule has 2 N–H and O–H groups in total. The maximum atomic E-state index is 6.67. The molecular weight excluding hydrogens is 238 g/mol. The monoisotopic (exact) mass is 261 g/mol. The number of rotatable bonds is 2. The van der Waals surface area contributed by atoms with Gasteiger partial charge in [0.25, 0.3) is 0 Å². The molecule has 2 fully saturated rings. The molecule has 3 atom stereocenters. The number of hydrogen-bond acceptors (Lipinski definition) is 3. The van der Waals surface area contributed by atoms with Gasteiger partial charge >= 0.3 is 0 Å². The van der Waals surface area contributed by atoms with E-state index in [0.717, 1.165) is 39.1 Å². The first-order valence-corrected chi connectivity index (χ1v) is 7.19. The summed E-state index contributed by atoms with van der Waals surface area (Å²) in [5.41, 5.74) is 7.52. The Morgan fingerprint density at radius 1 is 1.26 bits per heavy atom. The van der Waals surface area contributed by atoms with Crippen LogP contribution in [0.4, 0.5) is 0 Å². The van der Waals surface area contributed by atoms with Gasteiger partial charge in [-0.25, -0.2) is 0 Å². The summed E-state index contributed by atoms with van der Waals surface area (Å²) in [7, 11) is 0. The molecule has 1 spiro atoms. The van der Waals surface area contributed by atoms with Crippen molar-refractivity contribution in [2.24, 2.45) is 11.7 Å². The summed E-state index contributed by atoms with van der Waals surface area (Å²) < 4.78 is 11.5. The first-order valence-electron chi connectivity index (χ1n) is 7.19. The van der Waals surface area contributed by atoms with Crippen molar-refractivity contribution in [3.05, 3.63) is 35.9 Å². The van der Waals surface area contributed by atoms with Crippen molar-refractivity contribution in [1.29, 1.82) is 0 Å². The number of ether oxygens (including phenoxy) is 2. The molecule has 2 saturated heterocycles. The van der Waals surface area contributed by atoms with E-state index in [-0.39, 0.29) is 11.1 Å². The first-order chi connectivity index (χ1) is 9.12. The highest BCUT2D eigenvalue weighted by Crippen LogP contribution is 2.42. The third-order valence-corrected chi connectivity index (χ3v) is 4.80. The van der Waals surface area contributed by atoms with Gasteiger partial charge in [0.15, 0.2) is 0 Å². The third kappa shape index (κ3) is 2.42. The number of hydrogen-bond donors (Lipinski definition) is 1. The molecule has 3 nitrogen and oxygen atoms in total. The lowest BCUT2D eigenvalue weighted by Crippen LogP contribution is -2.50. The predicted molar refractivity (Wildman–Crippen MR) is 74.8 cm³/mol. The number of nitrogens with two attached hydrogens (primary N) is 1. The van der Waals surface area contributed by atoms with Crippen LogP contribution in [0.2, 0.25) is 0 Å². The van der Waals surface area contributed by atoms with Crippen molar-refractivity contribution in [1.82, 2.24) is 0 Å². The van der Waals surface area contributed by atoms with Crippen LogP contribution in [-0.2, 0) is 15.0 Å². The van der Waals surface area contributed by atoms with Crippen molar-refractivity contribution >= 4 is 0 Å². The summed E-state index contributed by atoms with van der Waals surface area (Å²) in [6.45, 7) is 4.50. The summed E-state index contributed by atoms with van der Waals surface area (Å²) in [4.78, 5) is 0. The van der Waals surface area contributed by atoms with E-state index in [4.69, 9.17) is 15.2 Å². The molecule has 0 radical (unpaired) electrons. The van der Waals surface area contributed by atoms with E-state index in [1.165, 1.54) is 5.56 Å². The minimum absolute atomic E-state index is 0.0711. The summed E-state index contributed by atoms with van der Waals surface area (Å²) in [6, 6.07) is 10.4. The van der Waals surface area contributed by atoms with Crippen molar-refractivity contribution < 1.29 is 9.47 Å². The summed E-state index contributed by atoms with van der Waals surface area (Å²) in [6.07, 6.45) is 3.05. The van der Waals surface area contributed by atoms with Gasteiger partial charge in [-0.1, -0.05) is 30.3 Å². The fraction of sp³-hybridized carbons (Fsp3) is 0.625. The summed E-state index contributed by atoms with van der Waals surface area (Å²) in [5, 5.41) is 0. The molecule has 0 aromatic heterocycles. The largest absolute Gasteiger partial charge is 0.378 e. The van der Waals surface area contributed by atoms with Crippen LogP contribution in [0, 0.1) is 5.92 Å². The second kappa shape index (κ2) is 4.89. The first kappa shape index (κ1) is 13.1. The minimum Gasteiger partial charge on any atom is -0.378 e. The Labute approximate surface area is 115 Å². The molecule has 2 aliphatic rings. The zero-order valence-corrected chi connectivity index (χ0v) is 11.6. The van der Waals surface area contributed by atoms with Gasteiger partial charge in [0.1, 0.15) is 0 Å². The molecule has 19 heavy (non-hydrogen) atoms. The molecule has 0 bridgehead atoms. The summed E-state index contributed by atoms with van der Waals surface area (Å²) >= 11 is 0. The molecule has 3 heteroatoms. The van der Waals surface area contributed by atoms with E-state index in [2.05, 4.69) is 31.2 Å². The lowest BCUT2D eigenvalue weighted by atomic mass is 9.71. The van der Waals surface area contributed by atoms with Gasteiger partial charge < -0.3 is 15.2 Å². The van der Waals surface area contributed by atoms with Gasteiger partial charge in [0.05, 0.1) is 12.2 Å². The molecule has 3 rings (SSSR count). The Balaban J connectivity index is 1.81. The van der Waals surface area contributed by atoms with Crippen LogP contribution in [0.5, 0.6) is 0 Å². The van der Waals surface area contributed by atoms with Crippen LogP contribution >= 0.6 is 0 Å². The highest BCUT2D eigenvalue weighted by molar-refractivity contribution is 5.24. The Morgan fingerprint density at radius 2 is 2.05 bits per heavy atom. The van der Waals surface area contributed by atoms with E-state index in [0.29, 0.717) is 5.92 Å². The average molecular weight is 261 g/mol. The lowest BCUT2D eigenvalue weighted by molar-refractivity contribution is -0.109. The van der Waals surface area contributed by atoms with E-state index in [9.17, 15) is 0 Å². The molecule has 0 aliphatic carbocycles. The van der Waals surface area contributed by atoms with Gasteiger partial charge in [-0.05, 0) is 31.2 Å². The quantitative estimate of drug-likeness (QED) is 0.889. The molecular formula is C16H23NO2. The molecule has 104 valence electrons. The van der Waals surface area contributed by atoms with Crippen LogP contribution in [0.1, 0.15) is 31.7 Å². The molecule has 1 aromatic rings. The zero-order valence-electron chi connectivity index (χ0n) is 11.6. The van der Waals surface area contributed by atoms with E-state index < -0.39 is 0 Å². The second-order valence-corrected chi connectivity index (χ2v) is 6.17. The SMILES string of the molecule is CC(N)(c1ccccc1)C1CCOC2(CCOC2)C1. The highest BCUT2D eigenvalue weighted by atomic mass is 16.6. The Kier molecular flexibility index (Phi) is 3.37. The van der Waals surface area contributed by atoms with Crippen LogP contribution in [0.3, 0.4) is 0 Å². The minimum atomic E-state index is -0.291. The Hall–Kier alpha value is -0.900. The molecule has 0 amide bonds. The molecule has 2 aliphatic heterocycles. The molecule has 3 unspecified atom stereocenters. The van der Waals surface area contributed by atoms with Crippen molar-refractivity contribution in [3.8, 4) is 0 Å². The maximum absolute atomic E-state index is 6.67. The van der Waals surface area contributed by atoms with Crippen molar-refractivity contribution in [2.45, 2.75) is 37.3 Å². The Bertz CT molecular complexity index is 424. The fourth-order valence-corrected chi connectivity index (χ4v) is 3.44. The van der Waals surface area contributed by atoms with Crippen LogP contribution in [-0.4, -0.2) is 25.4 Å². The predicted octanol–water partition coefficient (Wildman–Crippen LogP) is 2.45. The third-order valence-electron chi connectivity index (χ3n) is 4.80. The van der Waals surface area contributed by atoms with E-state index in [1.54, 1.807) is 0 Å². The van der Waals surface area contributed by atoms with E-state index in [1.807, 2.05) is 6.07 Å². The van der Waals surface area contributed by atoms with E-state index >= 15 is 0 Å². The maximum Gasteiger partial charge on any atom is 0.0940 e. The number of benzene rings is 1. The molecule has 1 aromatic carbocycles. The van der Waals surface area contributed by atoms with Gasteiger partial charge in [-0.3, -0.25) is 0 Å². The fourth-order valence-electron chi connectivity index (χ4n) is 3.44. The average Bonchev–Trinajstić information content (AvgIpc) is 2.88. The second-order valence-electron chi connectivity index (χ2n) is 6.17. The van der Waals surface area contributed by atoms with Crippen molar-refractivity contribution in [3.63, 3.8) is 0 Å². The Morgan fingerprint density at radius 3 is 2.74 bits per heavy atom. The zero-order chi connectivity index (χ0) is 13.3. The van der Waals surface area contributed by atoms with Crippen LogP contribution in [0.25, 0.3) is 0 Å².